The minimum Gasteiger partial charge on any atom is -0.466 e. The first-order chi connectivity index (χ1) is 15.4. The van der Waals surface area contributed by atoms with Gasteiger partial charge in [0.15, 0.2) is 0 Å². The lowest BCUT2D eigenvalue weighted by Gasteiger charge is -2.33. The molecule has 1 aromatic heterocycles. The van der Waals surface area contributed by atoms with Gasteiger partial charge in [-0.25, -0.2) is 4.98 Å². The smallest absolute Gasteiger partial charge is 0.280 e. The average Bonchev–Trinajstić information content (AvgIpc) is 3.12. The number of carbonyl (C=O) groups excluding carboxylic acids is 2. The summed E-state index contributed by atoms with van der Waals surface area (Å²) in [5.74, 6) is -0.514. The number of carbonyl (C=O) groups is 2. The van der Waals surface area contributed by atoms with E-state index in [4.69, 9.17) is 16.3 Å². The van der Waals surface area contributed by atoms with Crippen molar-refractivity contribution in [2.45, 2.75) is 19.1 Å². The van der Waals surface area contributed by atoms with E-state index in [0.717, 1.165) is 16.6 Å². The highest BCUT2D eigenvalue weighted by Crippen LogP contribution is 2.36. The van der Waals surface area contributed by atoms with Gasteiger partial charge >= 0.3 is 0 Å². The monoisotopic (exact) mass is 446 g/mol. The SMILES string of the molecule is CC1(C(=O)Nc2nc3ccccc3n2Cc2ccccc2)Oc2ccc(Cl)cc2NC1=O. The Morgan fingerprint density at radius 2 is 1.88 bits per heavy atom. The number of imidazole rings is 1. The van der Waals surface area contributed by atoms with Crippen molar-refractivity contribution in [1.29, 1.82) is 0 Å². The quantitative estimate of drug-likeness (QED) is 0.453. The highest BCUT2D eigenvalue weighted by Gasteiger charge is 2.47. The number of para-hydroxylation sites is 2. The van der Waals surface area contributed by atoms with Crippen molar-refractivity contribution in [2.75, 3.05) is 10.6 Å². The molecular formula is C24H19ClN4O3. The van der Waals surface area contributed by atoms with Crippen LogP contribution >= 0.6 is 11.6 Å². The highest BCUT2D eigenvalue weighted by molar-refractivity contribution is 6.31. The van der Waals surface area contributed by atoms with Crippen LogP contribution in [0.15, 0.2) is 72.8 Å². The summed E-state index contributed by atoms with van der Waals surface area (Å²) in [6.45, 7) is 1.93. The topological polar surface area (TPSA) is 85.2 Å². The third kappa shape index (κ3) is 3.46. The summed E-state index contributed by atoms with van der Waals surface area (Å²) in [5, 5.41) is 5.96. The summed E-state index contributed by atoms with van der Waals surface area (Å²) >= 11 is 5.99. The summed E-state index contributed by atoms with van der Waals surface area (Å²) in [5.41, 5.74) is 1.29. The standard InChI is InChI=1S/C24H19ClN4O3/c1-24(21(30)26-18-13-16(25)11-12-20(18)32-24)22(31)28-23-27-17-9-5-6-10-19(17)29(23)14-15-7-3-2-4-8-15/h2-13H,14H2,1H3,(H,26,30)(H,27,28,31). The molecule has 1 unspecified atom stereocenters. The van der Waals surface area contributed by atoms with E-state index >= 15 is 0 Å². The number of ether oxygens (including phenoxy) is 1. The predicted molar refractivity (Wildman–Crippen MR) is 123 cm³/mol. The van der Waals surface area contributed by atoms with Gasteiger partial charge in [0.05, 0.1) is 23.3 Å². The summed E-state index contributed by atoms with van der Waals surface area (Å²) in [7, 11) is 0. The van der Waals surface area contributed by atoms with Crippen LogP contribution in [-0.4, -0.2) is 27.0 Å². The van der Waals surface area contributed by atoms with Gasteiger partial charge in [-0.2, -0.15) is 0 Å². The lowest BCUT2D eigenvalue weighted by molar-refractivity contribution is -0.143. The van der Waals surface area contributed by atoms with Crippen molar-refractivity contribution in [3.05, 3.63) is 83.4 Å². The number of aromatic nitrogens is 2. The lowest BCUT2D eigenvalue weighted by atomic mass is 10.0. The number of amides is 2. The molecule has 1 aliphatic heterocycles. The lowest BCUT2D eigenvalue weighted by Crippen LogP contribution is -2.56. The minimum absolute atomic E-state index is 0.333. The summed E-state index contributed by atoms with van der Waals surface area (Å²) in [6.07, 6.45) is 0. The molecule has 160 valence electrons. The second kappa shape index (κ2) is 7.69. The van der Waals surface area contributed by atoms with Gasteiger partial charge in [-0.15, -0.1) is 0 Å². The third-order valence-electron chi connectivity index (χ3n) is 5.43. The van der Waals surface area contributed by atoms with E-state index < -0.39 is 17.4 Å². The molecule has 0 spiro atoms. The van der Waals surface area contributed by atoms with Gasteiger partial charge in [0.25, 0.3) is 17.4 Å². The van der Waals surface area contributed by atoms with Crippen molar-refractivity contribution < 1.29 is 14.3 Å². The molecular weight excluding hydrogens is 428 g/mol. The zero-order chi connectivity index (χ0) is 22.3. The summed E-state index contributed by atoms with van der Waals surface area (Å²) in [4.78, 5) is 30.7. The second-order valence-electron chi connectivity index (χ2n) is 7.68. The number of rotatable bonds is 4. The van der Waals surface area contributed by atoms with Crippen molar-refractivity contribution in [1.82, 2.24) is 9.55 Å². The first-order valence-corrected chi connectivity index (χ1v) is 10.4. The van der Waals surface area contributed by atoms with Gasteiger partial charge in [-0.3, -0.25) is 14.9 Å². The molecule has 1 aliphatic rings. The van der Waals surface area contributed by atoms with E-state index in [1.165, 1.54) is 6.92 Å². The molecule has 2 N–H and O–H groups in total. The molecule has 0 fully saturated rings. The van der Waals surface area contributed by atoms with E-state index in [1.807, 2.05) is 59.2 Å². The van der Waals surface area contributed by atoms with Crippen LogP contribution in [0.25, 0.3) is 11.0 Å². The Morgan fingerprint density at radius 1 is 1.12 bits per heavy atom. The molecule has 0 bridgehead atoms. The first-order valence-electron chi connectivity index (χ1n) is 10.0. The van der Waals surface area contributed by atoms with E-state index in [2.05, 4.69) is 15.6 Å². The maximum absolute atomic E-state index is 13.3. The van der Waals surface area contributed by atoms with Crippen LogP contribution in [-0.2, 0) is 16.1 Å². The maximum Gasteiger partial charge on any atom is 0.280 e. The van der Waals surface area contributed by atoms with Crippen LogP contribution in [0.1, 0.15) is 12.5 Å². The van der Waals surface area contributed by atoms with E-state index in [-0.39, 0.29) is 0 Å². The van der Waals surface area contributed by atoms with Gasteiger partial charge in [-0.1, -0.05) is 54.1 Å². The maximum atomic E-state index is 13.3. The molecule has 32 heavy (non-hydrogen) atoms. The fourth-order valence-electron chi connectivity index (χ4n) is 3.66. The van der Waals surface area contributed by atoms with Gasteiger partial charge in [0.2, 0.25) is 5.95 Å². The molecule has 2 heterocycles. The number of nitrogens with zero attached hydrogens (tertiary/aromatic N) is 2. The number of fused-ring (bicyclic) bond motifs is 2. The molecule has 2 amide bonds. The number of halogens is 1. The summed E-state index contributed by atoms with van der Waals surface area (Å²) in [6, 6.07) is 22.3. The molecule has 0 radical (unpaired) electrons. The second-order valence-corrected chi connectivity index (χ2v) is 8.12. The molecule has 0 aliphatic carbocycles. The fraction of sp³-hybridized carbons (Fsp3) is 0.125. The minimum atomic E-state index is -1.78. The summed E-state index contributed by atoms with van der Waals surface area (Å²) < 4.78 is 7.74. The Kier molecular flexibility index (Phi) is 4.83. The Labute approximate surface area is 189 Å². The average molecular weight is 447 g/mol. The normalized spacial score (nSPS) is 17.4. The molecule has 0 saturated carbocycles. The van der Waals surface area contributed by atoms with Crippen LogP contribution in [0.3, 0.4) is 0 Å². The number of anilines is 2. The van der Waals surface area contributed by atoms with E-state index in [1.54, 1.807) is 18.2 Å². The molecule has 8 heteroatoms. The fourth-order valence-corrected chi connectivity index (χ4v) is 3.84. The van der Waals surface area contributed by atoms with Gasteiger partial charge in [0, 0.05) is 5.02 Å². The number of benzene rings is 3. The van der Waals surface area contributed by atoms with Crippen LogP contribution in [0.4, 0.5) is 11.6 Å². The van der Waals surface area contributed by atoms with Crippen molar-refractivity contribution in [2.24, 2.45) is 0 Å². The Bertz CT molecular complexity index is 1350. The number of hydrogen-bond acceptors (Lipinski definition) is 4. The Hall–Kier alpha value is -3.84. The number of nitrogens with one attached hydrogen (secondary N) is 2. The van der Waals surface area contributed by atoms with Crippen LogP contribution in [0, 0.1) is 0 Å². The highest BCUT2D eigenvalue weighted by atomic mass is 35.5. The Morgan fingerprint density at radius 3 is 2.69 bits per heavy atom. The zero-order valence-corrected chi connectivity index (χ0v) is 17.9. The molecule has 1 atom stereocenters. The molecule has 4 aromatic rings. The van der Waals surface area contributed by atoms with Gasteiger partial charge < -0.3 is 14.6 Å². The molecule has 7 nitrogen and oxygen atoms in total. The van der Waals surface area contributed by atoms with Crippen LogP contribution in [0.2, 0.25) is 5.02 Å². The van der Waals surface area contributed by atoms with Gasteiger partial charge in [0.1, 0.15) is 5.75 Å². The molecule has 3 aromatic carbocycles. The van der Waals surface area contributed by atoms with E-state index in [0.29, 0.717) is 29.0 Å². The zero-order valence-electron chi connectivity index (χ0n) is 17.1. The molecule has 0 saturated heterocycles. The number of hydrogen-bond donors (Lipinski definition) is 2. The predicted octanol–water partition coefficient (Wildman–Crippen LogP) is 4.47. The van der Waals surface area contributed by atoms with E-state index in [9.17, 15) is 9.59 Å². The largest absolute Gasteiger partial charge is 0.466 e. The Balaban J connectivity index is 1.49. The first kappa shape index (κ1) is 20.1. The van der Waals surface area contributed by atoms with Crippen molar-refractivity contribution >= 4 is 46.1 Å². The van der Waals surface area contributed by atoms with Crippen LogP contribution in [0.5, 0.6) is 5.75 Å². The van der Waals surface area contributed by atoms with Crippen molar-refractivity contribution in [3.8, 4) is 5.75 Å². The molecule has 5 rings (SSSR count). The third-order valence-corrected chi connectivity index (χ3v) is 5.67. The van der Waals surface area contributed by atoms with Crippen LogP contribution < -0.4 is 15.4 Å². The van der Waals surface area contributed by atoms with Gasteiger partial charge in [-0.05, 0) is 42.8 Å². The van der Waals surface area contributed by atoms with Crippen molar-refractivity contribution in [3.63, 3.8) is 0 Å².